The van der Waals surface area contributed by atoms with Crippen LogP contribution in [0.25, 0.3) is 10.9 Å². The molecule has 8 heteroatoms. The topological polar surface area (TPSA) is 79.3 Å². The summed E-state index contributed by atoms with van der Waals surface area (Å²) in [5.41, 5.74) is 0.538. The molecule has 0 N–H and O–H groups in total. The van der Waals surface area contributed by atoms with Crippen LogP contribution < -0.4 is 4.90 Å². The maximum atomic E-state index is 13.3. The second kappa shape index (κ2) is 6.24. The molecule has 2 atom stereocenters. The molecule has 138 valence electrons. The lowest BCUT2D eigenvalue weighted by molar-refractivity contribution is 0.453. The van der Waals surface area contributed by atoms with Crippen molar-refractivity contribution >= 4 is 26.9 Å². The molecule has 0 amide bonds. The molecule has 1 aromatic carbocycles. The first-order chi connectivity index (χ1) is 13.1. The van der Waals surface area contributed by atoms with E-state index in [0.717, 1.165) is 24.4 Å². The summed E-state index contributed by atoms with van der Waals surface area (Å²) in [5, 5.41) is 0.838. The number of fused-ring (bicyclic) bond motifs is 2. The van der Waals surface area contributed by atoms with Gasteiger partial charge in [-0.25, -0.2) is 18.4 Å². The molecular weight excluding hydrogens is 362 g/mol. The third-order valence-electron chi connectivity index (χ3n) is 5.50. The van der Waals surface area contributed by atoms with Crippen LogP contribution in [0.3, 0.4) is 0 Å². The monoisotopic (exact) mass is 381 g/mol. The van der Waals surface area contributed by atoms with Crippen LogP contribution in [0.5, 0.6) is 0 Å². The van der Waals surface area contributed by atoms with Gasteiger partial charge in [0, 0.05) is 50.2 Å². The van der Waals surface area contributed by atoms with Crippen LogP contribution in [0, 0.1) is 11.8 Å². The molecule has 0 saturated carbocycles. The Morgan fingerprint density at radius 1 is 0.815 bits per heavy atom. The molecule has 27 heavy (non-hydrogen) atoms. The van der Waals surface area contributed by atoms with Gasteiger partial charge in [-0.3, -0.25) is 4.98 Å². The van der Waals surface area contributed by atoms with Crippen molar-refractivity contribution in [3.63, 3.8) is 0 Å². The van der Waals surface area contributed by atoms with Crippen LogP contribution in [-0.4, -0.2) is 53.9 Å². The molecule has 3 aromatic rings. The summed E-state index contributed by atoms with van der Waals surface area (Å²) in [4.78, 5) is 15.4. The van der Waals surface area contributed by atoms with Gasteiger partial charge in [-0.2, -0.15) is 4.31 Å². The fraction of sp³-hybridized carbons (Fsp3) is 0.316. The van der Waals surface area contributed by atoms with E-state index in [-0.39, 0.29) is 0 Å². The van der Waals surface area contributed by atoms with Crippen molar-refractivity contribution in [1.29, 1.82) is 0 Å². The number of sulfonamides is 1. The van der Waals surface area contributed by atoms with Gasteiger partial charge >= 0.3 is 0 Å². The van der Waals surface area contributed by atoms with E-state index in [9.17, 15) is 8.42 Å². The van der Waals surface area contributed by atoms with Crippen molar-refractivity contribution in [2.45, 2.75) is 4.90 Å². The molecule has 2 aliphatic rings. The number of hydrogen-bond acceptors (Lipinski definition) is 6. The van der Waals surface area contributed by atoms with Gasteiger partial charge in [0.1, 0.15) is 4.90 Å². The number of benzene rings is 1. The van der Waals surface area contributed by atoms with E-state index < -0.39 is 10.0 Å². The average Bonchev–Trinajstić information content (AvgIpc) is 3.28. The van der Waals surface area contributed by atoms with Crippen LogP contribution in [-0.2, 0) is 10.0 Å². The van der Waals surface area contributed by atoms with Crippen molar-refractivity contribution < 1.29 is 8.42 Å². The Morgan fingerprint density at radius 2 is 1.48 bits per heavy atom. The first-order valence-electron chi connectivity index (χ1n) is 8.99. The zero-order valence-corrected chi connectivity index (χ0v) is 15.5. The Labute approximate surface area is 157 Å². The molecule has 5 rings (SSSR count). The molecule has 0 spiro atoms. The number of pyridine rings is 1. The Balaban J connectivity index is 1.40. The first-order valence-corrected chi connectivity index (χ1v) is 10.4. The molecule has 0 bridgehead atoms. The van der Waals surface area contributed by atoms with E-state index in [1.165, 1.54) is 0 Å². The van der Waals surface area contributed by atoms with E-state index in [1.807, 2.05) is 18.2 Å². The summed E-state index contributed by atoms with van der Waals surface area (Å²) < 4.78 is 28.2. The molecule has 0 radical (unpaired) electrons. The van der Waals surface area contributed by atoms with Gasteiger partial charge in [-0.05, 0) is 30.0 Å². The molecule has 2 saturated heterocycles. The molecule has 2 fully saturated rings. The maximum absolute atomic E-state index is 13.3. The molecule has 0 aliphatic carbocycles. The minimum Gasteiger partial charge on any atom is -0.340 e. The number of nitrogens with zero attached hydrogens (tertiary/aromatic N) is 5. The Bertz CT molecular complexity index is 1070. The zero-order chi connectivity index (χ0) is 18.4. The van der Waals surface area contributed by atoms with Crippen molar-refractivity contribution in [1.82, 2.24) is 19.3 Å². The summed E-state index contributed by atoms with van der Waals surface area (Å²) in [6.07, 6.45) is 5.11. The van der Waals surface area contributed by atoms with Crippen LogP contribution in [0.1, 0.15) is 0 Å². The zero-order valence-electron chi connectivity index (χ0n) is 14.6. The molecule has 7 nitrogen and oxygen atoms in total. The number of anilines is 1. The standard InChI is InChI=1S/C19H19N5O2S/c25-27(26,17-6-1-4-14-5-2-7-20-18(14)17)24-12-15-10-23(11-16(15)13-24)19-21-8-3-9-22-19/h1-9,15-16H,10-13H2. The highest BCUT2D eigenvalue weighted by Crippen LogP contribution is 2.36. The van der Waals surface area contributed by atoms with Crippen molar-refractivity contribution in [3.05, 3.63) is 55.0 Å². The lowest BCUT2D eigenvalue weighted by Gasteiger charge is -2.21. The third kappa shape index (κ3) is 2.76. The van der Waals surface area contributed by atoms with Gasteiger partial charge in [0.15, 0.2) is 0 Å². The largest absolute Gasteiger partial charge is 0.340 e. The predicted octanol–water partition coefficient (Wildman–Crippen LogP) is 1.78. The fourth-order valence-corrected chi connectivity index (χ4v) is 5.91. The maximum Gasteiger partial charge on any atom is 0.245 e. The van der Waals surface area contributed by atoms with Crippen molar-refractivity contribution in [2.24, 2.45) is 11.8 Å². The second-order valence-electron chi connectivity index (χ2n) is 7.13. The van der Waals surface area contributed by atoms with Gasteiger partial charge in [-0.1, -0.05) is 18.2 Å². The quantitative estimate of drug-likeness (QED) is 0.688. The summed E-state index contributed by atoms with van der Waals surface area (Å²) in [6.45, 7) is 2.63. The molecular formula is C19H19N5O2S. The Kier molecular flexibility index (Phi) is 3.84. The van der Waals surface area contributed by atoms with E-state index in [0.29, 0.717) is 35.3 Å². The minimum absolute atomic E-state index is 0.295. The highest BCUT2D eigenvalue weighted by atomic mass is 32.2. The van der Waals surface area contributed by atoms with E-state index in [1.54, 1.807) is 41.1 Å². The summed E-state index contributed by atoms with van der Waals surface area (Å²) >= 11 is 0. The van der Waals surface area contributed by atoms with Gasteiger partial charge in [0.05, 0.1) is 5.52 Å². The van der Waals surface area contributed by atoms with Crippen molar-refractivity contribution in [2.75, 3.05) is 31.1 Å². The SMILES string of the molecule is O=S(=O)(c1cccc2cccnc12)N1CC2CN(c3ncccn3)CC2C1. The van der Waals surface area contributed by atoms with Gasteiger partial charge < -0.3 is 4.90 Å². The van der Waals surface area contributed by atoms with Crippen LogP contribution in [0.2, 0.25) is 0 Å². The summed E-state index contributed by atoms with van der Waals surface area (Å²) in [7, 11) is -3.57. The van der Waals surface area contributed by atoms with E-state index in [2.05, 4.69) is 19.9 Å². The summed E-state index contributed by atoms with van der Waals surface area (Å²) in [6, 6.07) is 10.8. The van der Waals surface area contributed by atoms with Crippen LogP contribution in [0.15, 0.2) is 59.9 Å². The number of para-hydroxylation sites is 1. The van der Waals surface area contributed by atoms with Crippen LogP contribution >= 0.6 is 0 Å². The third-order valence-corrected chi connectivity index (χ3v) is 7.36. The van der Waals surface area contributed by atoms with Gasteiger partial charge in [-0.15, -0.1) is 0 Å². The lowest BCUT2D eigenvalue weighted by atomic mass is 10.0. The van der Waals surface area contributed by atoms with Gasteiger partial charge in [0.25, 0.3) is 0 Å². The van der Waals surface area contributed by atoms with Crippen LogP contribution in [0.4, 0.5) is 5.95 Å². The summed E-state index contributed by atoms with van der Waals surface area (Å²) in [5.74, 6) is 1.32. The van der Waals surface area contributed by atoms with E-state index in [4.69, 9.17) is 0 Å². The average molecular weight is 381 g/mol. The highest BCUT2D eigenvalue weighted by Gasteiger charge is 2.45. The number of rotatable bonds is 3. The smallest absolute Gasteiger partial charge is 0.245 e. The highest BCUT2D eigenvalue weighted by molar-refractivity contribution is 7.89. The Morgan fingerprint density at radius 3 is 2.22 bits per heavy atom. The first kappa shape index (κ1) is 16.6. The Hall–Kier alpha value is -2.58. The van der Waals surface area contributed by atoms with E-state index >= 15 is 0 Å². The normalized spacial score (nSPS) is 23.0. The van der Waals surface area contributed by atoms with Crippen molar-refractivity contribution in [3.8, 4) is 0 Å². The number of aromatic nitrogens is 3. The predicted molar refractivity (Wildman–Crippen MR) is 102 cm³/mol. The molecule has 2 aromatic heterocycles. The molecule has 4 heterocycles. The minimum atomic E-state index is -3.57. The second-order valence-corrected chi connectivity index (χ2v) is 9.03. The number of hydrogen-bond donors (Lipinski definition) is 0. The fourth-order valence-electron chi connectivity index (χ4n) is 4.19. The molecule has 2 unspecified atom stereocenters. The van der Waals surface area contributed by atoms with Gasteiger partial charge in [0.2, 0.25) is 16.0 Å². The lowest BCUT2D eigenvalue weighted by Crippen LogP contribution is -2.33. The molecule has 2 aliphatic heterocycles.